The predicted molar refractivity (Wildman–Crippen MR) is 118 cm³/mol. The average Bonchev–Trinajstić information content (AvgIpc) is 2.77. The molecule has 2 saturated heterocycles. The summed E-state index contributed by atoms with van der Waals surface area (Å²) in [6, 6.07) is 4.91. The lowest BCUT2D eigenvalue weighted by atomic mass is 10.0. The molecule has 2 fully saturated rings. The van der Waals surface area contributed by atoms with Crippen LogP contribution in [0.15, 0.2) is 24.5 Å². The van der Waals surface area contributed by atoms with Crippen LogP contribution in [0.4, 0.5) is 10.1 Å². The highest BCUT2D eigenvalue weighted by molar-refractivity contribution is 7.18. The van der Waals surface area contributed by atoms with Crippen LogP contribution in [0.1, 0.15) is 18.9 Å². The molecule has 3 heterocycles. The van der Waals surface area contributed by atoms with Gasteiger partial charge < -0.3 is 15.0 Å². The number of amides is 1. The van der Waals surface area contributed by atoms with Crippen LogP contribution < -0.4 is 10.2 Å². The Balaban J connectivity index is 1.55. The summed E-state index contributed by atoms with van der Waals surface area (Å²) in [6.07, 6.45) is 3.30. The quantitative estimate of drug-likeness (QED) is 0.714. The van der Waals surface area contributed by atoms with Gasteiger partial charge in [0.05, 0.1) is 37.1 Å². The van der Waals surface area contributed by atoms with Gasteiger partial charge in [-0.2, -0.15) is 5.26 Å². The van der Waals surface area contributed by atoms with Crippen molar-refractivity contribution in [3.8, 4) is 6.07 Å². The van der Waals surface area contributed by atoms with Crippen LogP contribution in [-0.4, -0.2) is 77.7 Å². The van der Waals surface area contributed by atoms with Crippen molar-refractivity contribution in [2.45, 2.75) is 30.8 Å². The second-order valence-corrected chi connectivity index (χ2v) is 9.18. The summed E-state index contributed by atoms with van der Waals surface area (Å²) in [5, 5.41) is 10.8. The number of morpholine rings is 1. The number of rotatable bonds is 4. The first-order valence-corrected chi connectivity index (χ1v) is 10.9. The van der Waals surface area contributed by atoms with Crippen LogP contribution >= 0.6 is 9.24 Å². The SMILES string of the molecule is CC(C(=O)NC1CN(c2ccc(C#N)c3nccnc23)CC(F)(P)C1)N1CCOCC1. The lowest BCUT2D eigenvalue weighted by molar-refractivity contribution is -0.128. The maximum atomic E-state index is 15.3. The molecule has 31 heavy (non-hydrogen) atoms. The highest BCUT2D eigenvalue weighted by Gasteiger charge is 2.39. The van der Waals surface area contributed by atoms with E-state index in [-0.39, 0.29) is 31.0 Å². The third kappa shape index (κ3) is 4.77. The van der Waals surface area contributed by atoms with Crippen LogP contribution in [0, 0.1) is 11.3 Å². The number of piperidine rings is 1. The molecule has 2 aliphatic heterocycles. The molecule has 1 aromatic carbocycles. The molecule has 8 nitrogen and oxygen atoms in total. The van der Waals surface area contributed by atoms with E-state index < -0.39 is 5.41 Å². The second-order valence-electron chi connectivity index (χ2n) is 8.15. The molecule has 1 amide bonds. The summed E-state index contributed by atoms with van der Waals surface area (Å²) in [5.41, 5.74) is 2.16. The van der Waals surface area contributed by atoms with Gasteiger partial charge >= 0.3 is 0 Å². The molecule has 1 aromatic heterocycles. The van der Waals surface area contributed by atoms with E-state index in [0.29, 0.717) is 55.1 Å². The van der Waals surface area contributed by atoms with Crippen molar-refractivity contribution in [2.24, 2.45) is 0 Å². The number of benzene rings is 1. The van der Waals surface area contributed by atoms with Crippen LogP contribution in [0.3, 0.4) is 0 Å². The molecule has 0 bridgehead atoms. The van der Waals surface area contributed by atoms with Crippen LogP contribution in [-0.2, 0) is 9.53 Å². The summed E-state index contributed by atoms with van der Waals surface area (Å²) in [5.74, 6) is -0.112. The van der Waals surface area contributed by atoms with Gasteiger partial charge in [0.25, 0.3) is 0 Å². The number of alkyl halides is 1. The highest BCUT2D eigenvalue weighted by Crippen LogP contribution is 2.36. The van der Waals surface area contributed by atoms with Crippen molar-refractivity contribution in [3.63, 3.8) is 0 Å². The number of hydrogen-bond donors (Lipinski definition) is 1. The zero-order chi connectivity index (χ0) is 22.0. The van der Waals surface area contributed by atoms with Gasteiger partial charge in [-0.25, -0.2) is 4.39 Å². The molecule has 4 unspecified atom stereocenters. The van der Waals surface area contributed by atoms with Crippen molar-refractivity contribution in [3.05, 3.63) is 30.1 Å². The van der Waals surface area contributed by atoms with E-state index in [9.17, 15) is 10.1 Å². The maximum Gasteiger partial charge on any atom is 0.237 e. The summed E-state index contributed by atoms with van der Waals surface area (Å²) >= 11 is 0. The van der Waals surface area contributed by atoms with Crippen molar-refractivity contribution in [1.82, 2.24) is 20.2 Å². The normalized spacial score (nSPS) is 25.7. The maximum absolute atomic E-state index is 15.3. The van der Waals surface area contributed by atoms with E-state index in [1.165, 1.54) is 6.20 Å². The number of halogens is 1. The van der Waals surface area contributed by atoms with E-state index >= 15 is 4.39 Å². The number of carbonyl (C=O) groups excluding carboxylic acids is 1. The number of aromatic nitrogens is 2. The third-order valence-corrected chi connectivity index (χ3v) is 6.28. The standard InChI is InChI=1S/C21H26FN6O2P/c1-14(27-6-8-30-9-7-27)20(29)26-16-10-21(22,31)13-28(12-16)17-3-2-15(11-23)18-19(17)25-5-4-24-18/h2-5,14,16H,6-10,12-13,31H2,1H3,(H,26,29). The van der Waals surface area contributed by atoms with Crippen molar-refractivity contribution >= 4 is 31.9 Å². The third-order valence-electron chi connectivity index (χ3n) is 5.86. The Hall–Kier alpha value is -2.40. The van der Waals surface area contributed by atoms with E-state index in [2.05, 4.69) is 35.5 Å². The topological polar surface area (TPSA) is 94.4 Å². The Kier molecular flexibility index (Phi) is 6.33. The molecular formula is C21H26FN6O2P. The number of carbonyl (C=O) groups is 1. The number of hydrogen-bond acceptors (Lipinski definition) is 7. The Labute approximate surface area is 183 Å². The Morgan fingerprint density at radius 2 is 2.06 bits per heavy atom. The van der Waals surface area contributed by atoms with Gasteiger partial charge in [-0.15, -0.1) is 0 Å². The number of nitriles is 1. The largest absolute Gasteiger partial charge is 0.379 e. The number of nitrogens with zero attached hydrogens (tertiary/aromatic N) is 5. The fraction of sp³-hybridized carbons (Fsp3) is 0.524. The predicted octanol–water partition coefficient (Wildman–Crippen LogP) is 1.46. The van der Waals surface area contributed by atoms with Gasteiger partial charge in [-0.1, -0.05) is 9.24 Å². The number of ether oxygens (including phenoxy) is 1. The van der Waals surface area contributed by atoms with Crippen molar-refractivity contribution in [1.29, 1.82) is 5.26 Å². The molecule has 0 saturated carbocycles. The number of fused-ring (bicyclic) bond motifs is 1. The van der Waals surface area contributed by atoms with Crippen LogP contribution in [0.5, 0.6) is 0 Å². The first-order chi connectivity index (χ1) is 14.9. The summed E-state index contributed by atoms with van der Waals surface area (Å²) in [6.45, 7) is 5.09. The zero-order valence-electron chi connectivity index (χ0n) is 17.4. The fourth-order valence-electron chi connectivity index (χ4n) is 4.31. The lowest BCUT2D eigenvalue weighted by Gasteiger charge is -2.42. The highest BCUT2D eigenvalue weighted by atomic mass is 31.0. The van der Waals surface area contributed by atoms with Crippen molar-refractivity contribution in [2.75, 3.05) is 44.3 Å². The zero-order valence-corrected chi connectivity index (χ0v) is 18.6. The molecule has 0 spiro atoms. The monoisotopic (exact) mass is 444 g/mol. The molecule has 2 aliphatic rings. The molecule has 1 N–H and O–H groups in total. The first kappa shape index (κ1) is 21.8. The summed E-state index contributed by atoms with van der Waals surface area (Å²) in [7, 11) is 2.28. The number of anilines is 1. The first-order valence-electron chi connectivity index (χ1n) is 10.4. The molecule has 0 radical (unpaired) electrons. The lowest BCUT2D eigenvalue weighted by Crippen LogP contribution is -2.58. The summed E-state index contributed by atoms with van der Waals surface area (Å²) < 4.78 is 20.6. The van der Waals surface area contributed by atoms with E-state index in [1.807, 2.05) is 11.8 Å². The van der Waals surface area contributed by atoms with Crippen LogP contribution in [0.25, 0.3) is 11.0 Å². The Morgan fingerprint density at radius 3 is 2.77 bits per heavy atom. The van der Waals surface area contributed by atoms with Gasteiger partial charge in [0.2, 0.25) is 5.91 Å². The average molecular weight is 444 g/mol. The van der Waals surface area contributed by atoms with E-state index in [1.54, 1.807) is 18.3 Å². The molecular weight excluding hydrogens is 418 g/mol. The molecule has 164 valence electrons. The van der Waals surface area contributed by atoms with Crippen molar-refractivity contribution < 1.29 is 13.9 Å². The van der Waals surface area contributed by atoms with Gasteiger partial charge in [0.15, 0.2) is 0 Å². The van der Waals surface area contributed by atoms with Gasteiger partial charge in [-0.05, 0) is 19.1 Å². The number of nitrogens with one attached hydrogen (secondary N) is 1. The van der Waals surface area contributed by atoms with E-state index in [4.69, 9.17) is 4.74 Å². The minimum Gasteiger partial charge on any atom is -0.379 e. The molecule has 2 aromatic rings. The molecule has 10 heteroatoms. The fourth-order valence-corrected chi connectivity index (χ4v) is 4.81. The minimum absolute atomic E-state index is 0.112. The van der Waals surface area contributed by atoms with Gasteiger partial charge in [0.1, 0.15) is 22.5 Å². The van der Waals surface area contributed by atoms with Gasteiger partial charge in [-0.3, -0.25) is 19.7 Å². The van der Waals surface area contributed by atoms with Crippen LogP contribution in [0.2, 0.25) is 0 Å². The minimum atomic E-state index is -1.57. The molecule has 0 aliphatic carbocycles. The van der Waals surface area contributed by atoms with Gasteiger partial charge in [0, 0.05) is 44.5 Å². The summed E-state index contributed by atoms with van der Waals surface area (Å²) in [4.78, 5) is 25.5. The Morgan fingerprint density at radius 1 is 1.35 bits per heavy atom. The Bertz CT molecular complexity index is 1010. The second kappa shape index (κ2) is 8.99. The van der Waals surface area contributed by atoms with E-state index in [0.717, 1.165) is 0 Å². The molecule has 4 atom stereocenters. The molecule has 4 rings (SSSR count). The smallest absolute Gasteiger partial charge is 0.237 e.